The predicted octanol–water partition coefficient (Wildman–Crippen LogP) is 3.71. The minimum atomic E-state index is -0.360. The van der Waals surface area contributed by atoms with E-state index in [9.17, 15) is 9.59 Å². The Morgan fingerprint density at radius 3 is 2.52 bits per heavy atom. The Morgan fingerprint density at radius 1 is 1.35 bits per heavy atom. The van der Waals surface area contributed by atoms with Gasteiger partial charge in [0, 0.05) is 17.3 Å². The fourth-order valence-corrected chi connectivity index (χ4v) is 3.76. The van der Waals surface area contributed by atoms with Gasteiger partial charge in [-0.25, -0.2) is 0 Å². The fourth-order valence-electron chi connectivity index (χ4n) is 3.63. The van der Waals surface area contributed by atoms with Gasteiger partial charge in [-0.05, 0) is 49.4 Å². The van der Waals surface area contributed by atoms with Gasteiger partial charge >= 0.3 is 0 Å². The quantitative estimate of drug-likeness (QED) is 0.912. The van der Waals surface area contributed by atoms with Gasteiger partial charge < -0.3 is 10.2 Å². The van der Waals surface area contributed by atoms with Crippen molar-refractivity contribution in [3.8, 4) is 0 Å². The molecule has 2 amide bonds. The zero-order valence-corrected chi connectivity index (χ0v) is 14.4. The van der Waals surface area contributed by atoms with Crippen molar-refractivity contribution in [2.75, 3.05) is 11.9 Å². The molecule has 1 saturated carbocycles. The highest BCUT2D eigenvalue weighted by molar-refractivity contribution is 6.30. The molecule has 2 aliphatic rings. The van der Waals surface area contributed by atoms with Crippen LogP contribution in [0.5, 0.6) is 0 Å². The van der Waals surface area contributed by atoms with Crippen LogP contribution in [0.15, 0.2) is 24.3 Å². The molecule has 1 heterocycles. The van der Waals surface area contributed by atoms with Gasteiger partial charge in [0.05, 0.1) is 5.41 Å². The number of halogens is 1. The summed E-state index contributed by atoms with van der Waals surface area (Å²) in [6.45, 7) is 4.79. The van der Waals surface area contributed by atoms with Gasteiger partial charge in [0.2, 0.25) is 11.8 Å². The Morgan fingerprint density at radius 2 is 2.00 bits per heavy atom. The van der Waals surface area contributed by atoms with Crippen molar-refractivity contribution in [2.24, 2.45) is 11.3 Å². The van der Waals surface area contributed by atoms with Gasteiger partial charge in [-0.15, -0.1) is 0 Å². The van der Waals surface area contributed by atoms with Crippen LogP contribution in [0, 0.1) is 11.3 Å². The maximum atomic E-state index is 12.8. The molecule has 1 atom stereocenters. The molecule has 3 rings (SSSR count). The number of carbonyl (C=O) groups is 2. The summed E-state index contributed by atoms with van der Waals surface area (Å²) in [4.78, 5) is 27.3. The molecule has 23 heavy (non-hydrogen) atoms. The van der Waals surface area contributed by atoms with Crippen LogP contribution in [0.3, 0.4) is 0 Å². The molecule has 4 nitrogen and oxygen atoms in total. The van der Waals surface area contributed by atoms with Crippen molar-refractivity contribution in [3.63, 3.8) is 0 Å². The van der Waals surface area contributed by atoms with Gasteiger partial charge in [-0.2, -0.15) is 0 Å². The van der Waals surface area contributed by atoms with Crippen molar-refractivity contribution in [2.45, 2.75) is 45.6 Å². The average molecular weight is 335 g/mol. The third-order valence-corrected chi connectivity index (χ3v) is 5.21. The monoisotopic (exact) mass is 334 g/mol. The average Bonchev–Trinajstić information content (AvgIpc) is 2.75. The van der Waals surface area contributed by atoms with E-state index >= 15 is 0 Å². The van der Waals surface area contributed by atoms with Gasteiger partial charge in [0.1, 0.15) is 6.04 Å². The van der Waals surface area contributed by atoms with E-state index in [4.69, 9.17) is 11.6 Å². The van der Waals surface area contributed by atoms with Crippen LogP contribution in [-0.4, -0.2) is 29.3 Å². The second-order valence-corrected chi connectivity index (χ2v) is 7.64. The Kier molecular flexibility index (Phi) is 4.37. The second kappa shape index (κ2) is 6.16. The normalized spacial score (nSPS) is 22.5. The molecule has 124 valence electrons. The number of anilines is 1. The molecule has 0 radical (unpaired) electrons. The SMILES string of the molecule is CC(C)CN1C(=O)C2(CCC2)CC1C(=O)Nc1ccc(Cl)cc1. The fraction of sp³-hybridized carbons (Fsp3) is 0.556. The van der Waals surface area contributed by atoms with Crippen LogP contribution >= 0.6 is 11.6 Å². The van der Waals surface area contributed by atoms with Crippen molar-refractivity contribution >= 4 is 29.1 Å². The number of nitrogens with one attached hydrogen (secondary N) is 1. The molecule has 5 heteroatoms. The number of carbonyl (C=O) groups excluding carboxylic acids is 2. The summed E-state index contributed by atoms with van der Waals surface area (Å²) < 4.78 is 0. The molecule has 2 fully saturated rings. The van der Waals surface area contributed by atoms with Crippen molar-refractivity contribution in [1.82, 2.24) is 4.90 Å². The summed E-state index contributed by atoms with van der Waals surface area (Å²) in [5.41, 5.74) is 0.447. The predicted molar refractivity (Wildman–Crippen MR) is 91.3 cm³/mol. The minimum Gasteiger partial charge on any atom is -0.330 e. The molecule has 1 spiro atoms. The summed E-state index contributed by atoms with van der Waals surface area (Å²) in [5, 5.41) is 3.56. The van der Waals surface area contributed by atoms with E-state index in [1.54, 1.807) is 29.2 Å². The van der Waals surface area contributed by atoms with Crippen molar-refractivity contribution < 1.29 is 9.59 Å². The van der Waals surface area contributed by atoms with Crippen LogP contribution in [0.25, 0.3) is 0 Å². The summed E-state index contributed by atoms with van der Waals surface area (Å²) in [6.07, 6.45) is 3.58. The first-order valence-corrected chi connectivity index (χ1v) is 8.67. The van der Waals surface area contributed by atoms with E-state index in [2.05, 4.69) is 19.2 Å². The van der Waals surface area contributed by atoms with Crippen LogP contribution in [0.4, 0.5) is 5.69 Å². The Balaban J connectivity index is 1.76. The number of rotatable bonds is 4. The lowest BCUT2D eigenvalue weighted by molar-refractivity contribution is -0.142. The Bertz CT molecular complexity index is 608. The minimum absolute atomic E-state index is 0.0925. The van der Waals surface area contributed by atoms with Crippen LogP contribution in [0.2, 0.25) is 5.02 Å². The molecule has 1 aromatic carbocycles. The van der Waals surface area contributed by atoms with Gasteiger partial charge in [-0.1, -0.05) is 31.9 Å². The van der Waals surface area contributed by atoms with Gasteiger partial charge in [0.15, 0.2) is 0 Å². The topological polar surface area (TPSA) is 49.4 Å². The number of hydrogen-bond donors (Lipinski definition) is 1. The molecule has 0 bridgehead atoms. The highest BCUT2D eigenvalue weighted by atomic mass is 35.5. The number of hydrogen-bond acceptors (Lipinski definition) is 2. The largest absolute Gasteiger partial charge is 0.330 e. The van der Waals surface area contributed by atoms with Crippen molar-refractivity contribution in [1.29, 1.82) is 0 Å². The molecule has 1 aliphatic carbocycles. The van der Waals surface area contributed by atoms with E-state index < -0.39 is 0 Å². The first-order valence-electron chi connectivity index (χ1n) is 8.29. The third kappa shape index (κ3) is 3.09. The zero-order chi connectivity index (χ0) is 16.6. The van der Waals surface area contributed by atoms with Crippen LogP contribution in [-0.2, 0) is 9.59 Å². The van der Waals surface area contributed by atoms with Crippen LogP contribution in [0.1, 0.15) is 39.5 Å². The molecule has 1 aromatic rings. The lowest BCUT2D eigenvalue weighted by Gasteiger charge is -2.36. The maximum Gasteiger partial charge on any atom is 0.247 e. The van der Waals surface area contributed by atoms with Gasteiger partial charge in [-0.3, -0.25) is 9.59 Å². The summed E-state index contributed by atoms with van der Waals surface area (Å²) in [7, 11) is 0. The number of likely N-dealkylation sites (tertiary alicyclic amines) is 1. The summed E-state index contributed by atoms with van der Waals surface area (Å²) in [5.74, 6) is 0.429. The zero-order valence-electron chi connectivity index (χ0n) is 13.6. The maximum absolute atomic E-state index is 12.8. The smallest absolute Gasteiger partial charge is 0.247 e. The number of nitrogens with zero attached hydrogens (tertiary/aromatic N) is 1. The standard InChI is InChI=1S/C18H23ClN2O2/c1-12(2)11-21-15(10-18(17(21)23)8-3-9-18)16(22)20-14-6-4-13(19)5-7-14/h4-7,12,15H,3,8-11H2,1-2H3,(H,20,22). The van der Waals surface area contributed by atoms with E-state index in [1.165, 1.54) is 0 Å². The highest BCUT2D eigenvalue weighted by Crippen LogP contribution is 2.51. The highest BCUT2D eigenvalue weighted by Gasteiger charge is 2.56. The molecule has 1 aliphatic heterocycles. The van der Waals surface area contributed by atoms with E-state index in [-0.39, 0.29) is 23.3 Å². The van der Waals surface area contributed by atoms with E-state index in [0.717, 1.165) is 19.3 Å². The van der Waals surface area contributed by atoms with E-state index in [1.807, 2.05) is 0 Å². The van der Waals surface area contributed by atoms with E-state index in [0.29, 0.717) is 29.6 Å². The first kappa shape index (κ1) is 16.3. The van der Waals surface area contributed by atoms with Gasteiger partial charge in [0.25, 0.3) is 0 Å². The number of amides is 2. The lowest BCUT2D eigenvalue weighted by Crippen LogP contribution is -2.44. The number of benzene rings is 1. The first-order chi connectivity index (χ1) is 10.9. The van der Waals surface area contributed by atoms with Crippen LogP contribution < -0.4 is 5.32 Å². The molecule has 1 saturated heterocycles. The Hall–Kier alpha value is -1.55. The molecule has 1 N–H and O–H groups in total. The third-order valence-electron chi connectivity index (χ3n) is 4.96. The second-order valence-electron chi connectivity index (χ2n) is 7.20. The summed E-state index contributed by atoms with van der Waals surface area (Å²) in [6, 6.07) is 6.69. The molecular weight excluding hydrogens is 312 g/mol. The lowest BCUT2D eigenvalue weighted by atomic mass is 9.67. The summed E-state index contributed by atoms with van der Waals surface area (Å²) >= 11 is 5.87. The molecule has 0 aromatic heterocycles. The molecular formula is C18H23ClN2O2. The van der Waals surface area contributed by atoms with Crippen molar-refractivity contribution in [3.05, 3.63) is 29.3 Å². The Labute approximate surface area is 142 Å². The molecule has 1 unspecified atom stereocenters.